The first kappa shape index (κ1) is 19.4. The van der Waals surface area contributed by atoms with Crippen LogP contribution in [0.15, 0.2) is 54.9 Å². The number of Topliss-reactive ketones (excluding diaryl/α,β-unsaturated/α-hetero) is 1. The fraction of sp³-hybridized carbons (Fsp3) is 0.158. The van der Waals surface area contributed by atoms with Gasteiger partial charge >= 0.3 is 7.12 Å². The van der Waals surface area contributed by atoms with Gasteiger partial charge in [0.05, 0.1) is 11.6 Å². The van der Waals surface area contributed by atoms with E-state index in [2.05, 4.69) is 10.5 Å². The molecular weight excluding hydrogens is 361 g/mol. The largest absolute Gasteiger partial charge is 0.516 e. The summed E-state index contributed by atoms with van der Waals surface area (Å²) in [5.74, 6) is -0.386. The quantitative estimate of drug-likeness (QED) is 0.576. The summed E-state index contributed by atoms with van der Waals surface area (Å²) in [7, 11) is -1.03. The van der Waals surface area contributed by atoms with Gasteiger partial charge in [0, 0.05) is 36.2 Å². The molecule has 0 aliphatic carbocycles. The highest BCUT2D eigenvalue weighted by atomic mass is 32.1. The van der Waals surface area contributed by atoms with Crippen molar-refractivity contribution >= 4 is 48.3 Å². The Morgan fingerprint density at radius 1 is 1.22 bits per heavy atom. The molecule has 0 spiro atoms. The van der Waals surface area contributed by atoms with Gasteiger partial charge < -0.3 is 10.8 Å². The smallest absolute Gasteiger partial charge is 0.422 e. The highest BCUT2D eigenvalue weighted by Gasteiger charge is 2.29. The van der Waals surface area contributed by atoms with Crippen molar-refractivity contribution in [3.05, 3.63) is 66.0 Å². The molecule has 1 aliphatic heterocycles. The van der Waals surface area contributed by atoms with E-state index in [0.29, 0.717) is 17.6 Å². The second kappa shape index (κ2) is 8.10. The van der Waals surface area contributed by atoms with Gasteiger partial charge in [0.15, 0.2) is 0 Å². The van der Waals surface area contributed by atoms with Gasteiger partial charge in [-0.25, -0.2) is 0 Å². The lowest BCUT2D eigenvalue weighted by Crippen LogP contribution is -2.29. The molecule has 8 heteroatoms. The Labute approximate surface area is 164 Å². The number of nitrogens with zero attached hydrogens (tertiary/aromatic N) is 1. The second-order valence-corrected chi connectivity index (χ2v) is 6.41. The van der Waals surface area contributed by atoms with Crippen molar-refractivity contribution in [2.24, 2.45) is 5.73 Å². The molecule has 6 nitrogen and oxygen atoms in total. The van der Waals surface area contributed by atoms with E-state index >= 15 is 0 Å². The summed E-state index contributed by atoms with van der Waals surface area (Å²) in [6.07, 6.45) is 3.84. The van der Waals surface area contributed by atoms with Gasteiger partial charge in [-0.2, -0.15) is 13.5 Å². The Bertz CT molecular complexity index is 985. The zero-order valence-corrected chi connectivity index (χ0v) is 15.6. The van der Waals surface area contributed by atoms with Crippen LogP contribution in [0.4, 0.5) is 5.69 Å². The number of hydrogen-bond donors (Lipinski definition) is 3. The van der Waals surface area contributed by atoms with E-state index < -0.39 is 13.0 Å². The number of nitrogens with two attached hydrogens (primary N) is 1. The fourth-order valence-corrected chi connectivity index (χ4v) is 3.30. The van der Waals surface area contributed by atoms with Gasteiger partial charge in [0.2, 0.25) is 0 Å². The minimum Gasteiger partial charge on any atom is -0.422 e. The molecule has 0 saturated carbocycles. The summed E-state index contributed by atoms with van der Waals surface area (Å²) in [5, 5.41) is 11.9. The average molecular weight is 381 g/mol. The van der Waals surface area contributed by atoms with Gasteiger partial charge in [-0.1, -0.05) is 30.3 Å². The molecule has 138 valence electrons. The third-order valence-electron chi connectivity index (χ3n) is 4.73. The molecule has 0 amide bonds. The summed E-state index contributed by atoms with van der Waals surface area (Å²) >= 11 is 0. The number of benzene rings is 2. The van der Waals surface area contributed by atoms with E-state index in [-0.39, 0.29) is 25.8 Å². The molecule has 4 rings (SSSR count). The Morgan fingerprint density at radius 3 is 2.89 bits per heavy atom. The number of anilines is 1. The van der Waals surface area contributed by atoms with Gasteiger partial charge in [-0.3, -0.25) is 20.0 Å². The van der Waals surface area contributed by atoms with Crippen LogP contribution < -0.4 is 16.7 Å². The van der Waals surface area contributed by atoms with E-state index in [0.717, 1.165) is 21.9 Å². The van der Waals surface area contributed by atoms with Crippen LogP contribution in [0.3, 0.4) is 0 Å². The molecule has 27 heavy (non-hydrogen) atoms. The number of pyridine rings is 1. The average Bonchev–Trinajstić information content (AvgIpc) is 3.03. The molecule has 1 atom stereocenters. The Balaban J connectivity index is 0.00000210. The van der Waals surface area contributed by atoms with Crippen molar-refractivity contribution in [3.8, 4) is 0 Å². The summed E-state index contributed by atoms with van der Waals surface area (Å²) in [6, 6.07) is 13.3. The van der Waals surface area contributed by atoms with Crippen LogP contribution in [0.5, 0.6) is 0 Å². The van der Waals surface area contributed by atoms with Gasteiger partial charge in [0.1, 0.15) is 5.78 Å². The third kappa shape index (κ3) is 3.84. The van der Waals surface area contributed by atoms with Gasteiger partial charge in [0.25, 0.3) is 0 Å². The molecule has 2 heterocycles. The maximum atomic E-state index is 12.9. The number of rotatable bonds is 5. The van der Waals surface area contributed by atoms with E-state index in [1.54, 1.807) is 24.5 Å². The molecule has 4 N–H and O–H groups in total. The van der Waals surface area contributed by atoms with E-state index in [1.165, 1.54) is 0 Å². The molecule has 0 radical (unpaired) electrons. The topological polar surface area (TPSA) is 97.5 Å². The van der Waals surface area contributed by atoms with E-state index in [4.69, 9.17) is 10.5 Å². The normalized spacial score (nSPS) is 13.6. The summed E-state index contributed by atoms with van der Waals surface area (Å²) in [5.41, 5.74) is 11.6. The molecule has 3 aromatic rings. The van der Waals surface area contributed by atoms with Crippen LogP contribution in [-0.4, -0.2) is 29.5 Å². The van der Waals surface area contributed by atoms with Crippen molar-refractivity contribution in [1.29, 1.82) is 0 Å². The standard InChI is InChI=1S/C19H18BN3O3.H2S/c21-10-16(14-3-4-18-17(9-14)20(25)26-23-18)19(24)8-12-1-2-15-11-22-6-5-13(15)7-12;/h1-7,9,11,16,23,25H,8,10,21H2;1H2/t16-;/m1./s1. The second-order valence-electron chi connectivity index (χ2n) is 6.41. The van der Waals surface area contributed by atoms with Crippen LogP contribution in [-0.2, 0) is 16.0 Å². The molecule has 0 saturated heterocycles. The molecule has 0 fully saturated rings. The minimum atomic E-state index is -1.03. The maximum Gasteiger partial charge on any atom is 0.516 e. The third-order valence-corrected chi connectivity index (χ3v) is 4.73. The Morgan fingerprint density at radius 2 is 2.07 bits per heavy atom. The van der Waals surface area contributed by atoms with Gasteiger partial charge in [-0.15, -0.1) is 0 Å². The zero-order chi connectivity index (χ0) is 18.1. The van der Waals surface area contributed by atoms with Crippen LogP contribution in [0.2, 0.25) is 0 Å². The number of carbonyl (C=O) groups excluding carboxylic acids is 1. The van der Waals surface area contributed by atoms with Crippen molar-refractivity contribution < 1.29 is 14.6 Å². The monoisotopic (exact) mass is 381 g/mol. The molecule has 1 aliphatic rings. The SMILES string of the molecule is NC[C@@H](C(=O)Cc1ccc2cnccc2c1)c1ccc2c(c1)B(O)ON2.S. The summed E-state index contributed by atoms with van der Waals surface area (Å²) in [6.45, 7) is 0.208. The van der Waals surface area contributed by atoms with E-state index in [1.807, 2.05) is 30.3 Å². The molecule has 1 aromatic heterocycles. The van der Waals surface area contributed by atoms with Crippen molar-refractivity contribution in [1.82, 2.24) is 4.98 Å². The predicted molar refractivity (Wildman–Crippen MR) is 111 cm³/mol. The lowest BCUT2D eigenvalue weighted by atomic mass is 9.77. The first-order valence-corrected chi connectivity index (χ1v) is 8.44. The molecule has 0 bridgehead atoms. The first-order valence-electron chi connectivity index (χ1n) is 8.44. The highest BCUT2D eigenvalue weighted by molar-refractivity contribution is 7.59. The number of fused-ring (bicyclic) bond motifs is 2. The van der Waals surface area contributed by atoms with Crippen molar-refractivity contribution in [2.45, 2.75) is 12.3 Å². The van der Waals surface area contributed by atoms with Crippen LogP contribution in [0.25, 0.3) is 10.8 Å². The lowest BCUT2D eigenvalue weighted by molar-refractivity contribution is -0.119. The van der Waals surface area contributed by atoms with Crippen LogP contribution in [0, 0.1) is 0 Å². The van der Waals surface area contributed by atoms with Crippen LogP contribution >= 0.6 is 13.5 Å². The number of hydrogen-bond acceptors (Lipinski definition) is 6. The van der Waals surface area contributed by atoms with Crippen molar-refractivity contribution in [3.63, 3.8) is 0 Å². The van der Waals surface area contributed by atoms with Gasteiger partial charge in [-0.05, 0) is 28.6 Å². The van der Waals surface area contributed by atoms with Crippen molar-refractivity contribution in [2.75, 3.05) is 12.0 Å². The summed E-state index contributed by atoms with van der Waals surface area (Å²) in [4.78, 5) is 17.0. The first-order chi connectivity index (χ1) is 12.7. The number of ketones is 1. The molecular formula is C19H20BN3O3S. The number of carbonyl (C=O) groups is 1. The van der Waals surface area contributed by atoms with Crippen LogP contribution in [0.1, 0.15) is 17.0 Å². The molecule has 0 unspecified atom stereocenters. The fourth-order valence-electron chi connectivity index (χ4n) is 3.30. The lowest BCUT2D eigenvalue weighted by Gasteiger charge is -2.15. The Kier molecular flexibility index (Phi) is 5.81. The maximum absolute atomic E-state index is 12.9. The number of aromatic nitrogens is 1. The Hall–Kier alpha value is -2.39. The highest BCUT2D eigenvalue weighted by Crippen LogP contribution is 2.23. The minimum absolute atomic E-state index is 0. The molecule has 2 aromatic carbocycles. The van der Waals surface area contributed by atoms with E-state index in [9.17, 15) is 9.82 Å². The zero-order valence-electron chi connectivity index (χ0n) is 14.6. The summed E-state index contributed by atoms with van der Waals surface area (Å²) < 4.78 is 4.97. The predicted octanol–water partition coefficient (Wildman–Crippen LogP) is 1.25. The number of nitrogens with one attached hydrogen (secondary N) is 1.